The molecule has 0 radical (unpaired) electrons. The van der Waals surface area contributed by atoms with Gasteiger partial charge in [-0.3, -0.25) is 4.79 Å². The Hall–Kier alpha value is -1.12. The Kier molecular flexibility index (Phi) is 5.07. The van der Waals surface area contributed by atoms with Gasteiger partial charge in [0.05, 0.1) is 0 Å². The number of aliphatic carboxylic acids is 1. The van der Waals surface area contributed by atoms with Crippen molar-refractivity contribution in [3.63, 3.8) is 0 Å². The molecule has 11 heavy (non-hydrogen) atoms. The van der Waals surface area contributed by atoms with Gasteiger partial charge in [0, 0.05) is 12.5 Å². The molecule has 0 fully saturated rings. The number of hydrogen-bond acceptors (Lipinski definition) is 2. The Morgan fingerprint density at radius 1 is 1.36 bits per heavy atom. The number of carboxylic acid groups (broad SMARTS) is 1. The van der Waals surface area contributed by atoms with Crippen LogP contribution in [0.2, 0.25) is 0 Å². The summed E-state index contributed by atoms with van der Waals surface area (Å²) in [5, 5.41) is 8.15. The van der Waals surface area contributed by atoms with Crippen LogP contribution in [0.3, 0.4) is 0 Å². The minimum absolute atomic E-state index is 0.116. The van der Waals surface area contributed by atoms with Gasteiger partial charge in [-0.1, -0.05) is 13.3 Å². The fourth-order valence-electron chi connectivity index (χ4n) is 0.599. The Labute approximate surface area is 65.7 Å². The monoisotopic (exact) mass is 156 g/mol. The molecular formula is C8H12O3. The molecule has 0 aromatic heterocycles. The number of unbranched alkanes of at least 4 members (excludes halogenated alkanes) is 1. The Morgan fingerprint density at radius 3 is 2.45 bits per heavy atom. The molecule has 0 aliphatic rings. The van der Waals surface area contributed by atoms with Crippen molar-refractivity contribution in [1.82, 2.24) is 0 Å². The minimum atomic E-state index is -1.07. The van der Waals surface area contributed by atoms with Crippen LogP contribution >= 0.6 is 0 Å². The first-order valence-electron chi connectivity index (χ1n) is 3.60. The minimum Gasteiger partial charge on any atom is -0.478 e. The zero-order valence-electron chi connectivity index (χ0n) is 6.54. The number of carboxylic acids is 1. The molecule has 1 N–H and O–H groups in total. The summed E-state index contributed by atoms with van der Waals surface area (Å²) in [6, 6.07) is 0. The van der Waals surface area contributed by atoms with E-state index in [1.807, 2.05) is 6.92 Å². The predicted octanol–water partition coefficient (Wildman–Crippen LogP) is 1.39. The second-order valence-corrected chi connectivity index (χ2v) is 2.24. The zero-order chi connectivity index (χ0) is 8.69. The Morgan fingerprint density at radius 2 is 2.00 bits per heavy atom. The van der Waals surface area contributed by atoms with Gasteiger partial charge < -0.3 is 5.11 Å². The van der Waals surface area contributed by atoms with Crippen LogP contribution in [0.25, 0.3) is 0 Å². The molecule has 0 saturated heterocycles. The highest BCUT2D eigenvalue weighted by Crippen LogP contribution is 1.95. The third-order valence-electron chi connectivity index (χ3n) is 1.19. The van der Waals surface area contributed by atoms with Crippen molar-refractivity contribution >= 4 is 11.8 Å². The molecule has 3 heteroatoms. The molecule has 0 amide bonds. The van der Waals surface area contributed by atoms with E-state index in [9.17, 15) is 9.59 Å². The molecule has 62 valence electrons. The second-order valence-electron chi connectivity index (χ2n) is 2.24. The largest absolute Gasteiger partial charge is 0.478 e. The van der Waals surface area contributed by atoms with Gasteiger partial charge >= 0.3 is 5.97 Å². The lowest BCUT2D eigenvalue weighted by Gasteiger charge is -1.89. The number of carbonyl (C=O) groups excluding carboxylic acids is 1. The van der Waals surface area contributed by atoms with E-state index in [1.54, 1.807) is 0 Å². The van der Waals surface area contributed by atoms with Crippen molar-refractivity contribution in [3.05, 3.63) is 12.2 Å². The number of ketones is 1. The standard InChI is InChI=1S/C8H12O3/c1-2-3-4-7(9)5-6-8(10)11/h5-6H,2-4H2,1H3,(H,10,11). The maximum absolute atomic E-state index is 10.8. The van der Waals surface area contributed by atoms with E-state index in [-0.39, 0.29) is 5.78 Å². The first kappa shape index (κ1) is 9.88. The van der Waals surface area contributed by atoms with E-state index in [0.29, 0.717) is 6.42 Å². The summed E-state index contributed by atoms with van der Waals surface area (Å²) >= 11 is 0. The van der Waals surface area contributed by atoms with Gasteiger partial charge in [-0.25, -0.2) is 4.79 Å². The van der Waals surface area contributed by atoms with Crippen molar-refractivity contribution in [2.75, 3.05) is 0 Å². The molecule has 0 rings (SSSR count). The SMILES string of the molecule is CCCCC(=O)C=CC(=O)O. The Balaban J connectivity index is 3.60. The van der Waals surface area contributed by atoms with E-state index in [2.05, 4.69) is 0 Å². The van der Waals surface area contributed by atoms with Gasteiger partial charge in [-0.05, 0) is 12.5 Å². The van der Waals surface area contributed by atoms with E-state index >= 15 is 0 Å². The molecular weight excluding hydrogens is 144 g/mol. The van der Waals surface area contributed by atoms with Gasteiger partial charge in [-0.2, -0.15) is 0 Å². The summed E-state index contributed by atoms with van der Waals surface area (Å²) in [6.07, 6.45) is 4.20. The fourth-order valence-corrected chi connectivity index (χ4v) is 0.599. The first-order valence-corrected chi connectivity index (χ1v) is 3.60. The summed E-state index contributed by atoms with van der Waals surface area (Å²) in [7, 11) is 0. The van der Waals surface area contributed by atoms with Gasteiger partial charge in [0.15, 0.2) is 5.78 Å². The molecule has 0 spiro atoms. The normalized spacial score (nSPS) is 10.3. The summed E-state index contributed by atoms with van der Waals surface area (Å²) < 4.78 is 0. The van der Waals surface area contributed by atoms with E-state index in [0.717, 1.165) is 25.0 Å². The maximum Gasteiger partial charge on any atom is 0.328 e. The third kappa shape index (κ3) is 6.77. The van der Waals surface area contributed by atoms with Gasteiger partial charge in [0.1, 0.15) is 0 Å². The van der Waals surface area contributed by atoms with Crippen LogP contribution in [0.5, 0.6) is 0 Å². The predicted molar refractivity (Wildman–Crippen MR) is 41.3 cm³/mol. The number of hydrogen-bond donors (Lipinski definition) is 1. The molecule has 0 saturated carbocycles. The van der Waals surface area contributed by atoms with Gasteiger partial charge in [0.25, 0.3) is 0 Å². The van der Waals surface area contributed by atoms with Crippen molar-refractivity contribution < 1.29 is 14.7 Å². The summed E-state index contributed by atoms with van der Waals surface area (Å²) in [5.41, 5.74) is 0. The lowest BCUT2D eigenvalue weighted by atomic mass is 10.2. The first-order chi connectivity index (χ1) is 5.16. The molecule has 0 aromatic rings. The molecule has 0 atom stereocenters. The van der Waals surface area contributed by atoms with Crippen molar-refractivity contribution in [3.8, 4) is 0 Å². The molecule has 0 unspecified atom stereocenters. The number of allylic oxidation sites excluding steroid dienone is 1. The average molecular weight is 156 g/mol. The maximum atomic E-state index is 10.8. The quantitative estimate of drug-likeness (QED) is 0.612. The summed E-state index contributed by atoms with van der Waals surface area (Å²) in [5.74, 6) is -1.19. The molecule has 0 aliphatic heterocycles. The smallest absolute Gasteiger partial charge is 0.328 e. The van der Waals surface area contributed by atoms with Crippen LogP contribution in [-0.4, -0.2) is 16.9 Å². The highest BCUT2D eigenvalue weighted by molar-refractivity contribution is 5.95. The van der Waals surface area contributed by atoms with E-state index in [1.165, 1.54) is 0 Å². The molecule has 0 heterocycles. The van der Waals surface area contributed by atoms with Crippen LogP contribution in [-0.2, 0) is 9.59 Å². The lowest BCUT2D eigenvalue weighted by molar-refractivity contribution is -0.131. The van der Waals surface area contributed by atoms with Crippen molar-refractivity contribution in [2.45, 2.75) is 26.2 Å². The summed E-state index contributed by atoms with van der Waals surface area (Å²) in [6.45, 7) is 1.98. The highest BCUT2D eigenvalue weighted by atomic mass is 16.4. The summed E-state index contributed by atoms with van der Waals surface area (Å²) in [4.78, 5) is 20.7. The van der Waals surface area contributed by atoms with Crippen LogP contribution in [0.15, 0.2) is 12.2 Å². The lowest BCUT2D eigenvalue weighted by Crippen LogP contribution is -1.94. The number of carbonyl (C=O) groups is 2. The molecule has 0 aliphatic carbocycles. The number of rotatable bonds is 5. The van der Waals surface area contributed by atoms with Crippen LogP contribution in [0.4, 0.5) is 0 Å². The van der Waals surface area contributed by atoms with Crippen LogP contribution in [0, 0.1) is 0 Å². The molecule has 3 nitrogen and oxygen atoms in total. The van der Waals surface area contributed by atoms with Gasteiger partial charge in [-0.15, -0.1) is 0 Å². The van der Waals surface area contributed by atoms with Crippen molar-refractivity contribution in [1.29, 1.82) is 0 Å². The fraction of sp³-hybridized carbons (Fsp3) is 0.500. The topological polar surface area (TPSA) is 54.4 Å². The van der Waals surface area contributed by atoms with Gasteiger partial charge in [0.2, 0.25) is 0 Å². The van der Waals surface area contributed by atoms with E-state index < -0.39 is 5.97 Å². The second kappa shape index (κ2) is 5.65. The third-order valence-corrected chi connectivity index (χ3v) is 1.19. The zero-order valence-corrected chi connectivity index (χ0v) is 6.54. The molecule has 0 aromatic carbocycles. The highest BCUT2D eigenvalue weighted by Gasteiger charge is 1.95. The Bertz CT molecular complexity index is 170. The van der Waals surface area contributed by atoms with Crippen LogP contribution < -0.4 is 0 Å². The molecule has 0 bridgehead atoms. The average Bonchev–Trinajstić information content (AvgIpc) is 1.97. The van der Waals surface area contributed by atoms with E-state index in [4.69, 9.17) is 5.11 Å². The van der Waals surface area contributed by atoms with Crippen molar-refractivity contribution in [2.24, 2.45) is 0 Å². The van der Waals surface area contributed by atoms with Crippen LogP contribution in [0.1, 0.15) is 26.2 Å².